The summed E-state index contributed by atoms with van der Waals surface area (Å²) < 4.78 is 40.4. The highest BCUT2D eigenvalue weighted by atomic mass is 19.4. The number of halogens is 3. The number of alkyl halides is 3. The molecule has 1 amide bonds. The Hall–Kier alpha value is -2.31. The molecule has 2 atom stereocenters. The van der Waals surface area contributed by atoms with Crippen LogP contribution in [0, 0.1) is 0 Å². The Morgan fingerprint density at radius 2 is 1.96 bits per heavy atom. The first-order chi connectivity index (χ1) is 12.3. The molecule has 26 heavy (non-hydrogen) atoms. The summed E-state index contributed by atoms with van der Waals surface area (Å²) in [4.78, 5) is 12.7. The lowest BCUT2D eigenvalue weighted by Gasteiger charge is -2.21. The molecule has 3 rings (SSSR count). The Kier molecular flexibility index (Phi) is 5.07. The molecule has 0 radical (unpaired) electrons. The van der Waals surface area contributed by atoms with Crippen LogP contribution in [-0.4, -0.2) is 15.7 Å². The maximum absolute atomic E-state index is 13.0. The van der Waals surface area contributed by atoms with Gasteiger partial charge in [-0.2, -0.15) is 18.3 Å². The molecule has 1 heterocycles. The van der Waals surface area contributed by atoms with Crippen molar-refractivity contribution in [1.82, 2.24) is 15.1 Å². The molecular formula is C19H22F3N3O. The summed E-state index contributed by atoms with van der Waals surface area (Å²) in [6.45, 7) is 3.54. The van der Waals surface area contributed by atoms with E-state index in [9.17, 15) is 18.0 Å². The Morgan fingerprint density at radius 3 is 2.50 bits per heavy atom. The van der Waals surface area contributed by atoms with E-state index in [0.29, 0.717) is 12.1 Å². The van der Waals surface area contributed by atoms with Crippen molar-refractivity contribution >= 4 is 5.91 Å². The number of benzene rings is 1. The van der Waals surface area contributed by atoms with E-state index in [1.807, 2.05) is 37.3 Å². The smallest absolute Gasteiger partial charge is 0.347 e. The highest BCUT2D eigenvalue weighted by Crippen LogP contribution is 2.43. The molecule has 7 heteroatoms. The standard InChI is InChI=1S/C19H22F3N3O/c1-3-15(13-7-5-4-6-8-13)23-18(26)12(2)25-16(14-9-10-14)11-17(24-25)19(20,21)22/h4-8,11-12,14-15H,3,9-10H2,1-2H3,(H,23,26). The van der Waals surface area contributed by atoms with Crippen LogP contribution in [0.1, 0.15) is 68.1 Å². The minimum atomic E-state index is -4.51. The average molecular weight is 365 g/mol. The first-order valence-electron chi connectivity index (χ1n) is 8.83. The Morgan fingerprint density at radius 1 is 1.31 bits per heavy atom. The predicted octanol–water partition coefficient (Wildman–Crippen LogP) is 4.61. The van der Waals surface area contributed by atoms with Gasteiger partial charge in [0.05, 0.1) is 6.04 Å². The van der Waals surface area contributed by atoms with Crippen molar-refractivity contribution in [2.24, 2.45) is 0 Å². The van der Waals surface area contributed by atoms with E-state index >= 15 is 0 Å². The van der Waals surface area contributed by atoms with Crippen LogP contribution in [-0.2, 0) is 11.0 Å². The van der Waals surface area contributed by atoms with Gasteiger partial charge < -0.3 is 5.32 Å². The molecule has 0 bridgehead atoms. The molecule has 1 aliphatic carbocycles. The summed E-state index contributed by atoms with van der Waals surface area (Å²) in [6.07, 6.45) is -2.16. The van der Waals surface area contributed by atoms with Crippen molar-refractivity contribution in [1.29, 1.82) is 0 Å². The third-order valence-electron chi connectivity index (χ3n) is 4.72. The third-order valence-corrected chi connectivity index (χ3v) is 4.72. The molecule has 1 aromatic heterocycles. The largest absolute Gasteiger partial charge is 0.435 e. The number of hydrogen-bond donors (Lipinski definition) is 1. The van der Waals surface area contributed by atoms with Crippen LogP contribution in [0.2, 0.25) is 0 Å². The van der Waals surface area contributed by atoms with Crippen LogP contribution < -0.4 is 5.32 Å². The van der Waals surface area contributed by atoms with Crippen molar-refractivity contribution in [2.75, 3.05) is 0 Å². The molecule has 1 N–H and O–H groups in total. The lowest BCUT2D eigenvalue weighted by atomic mass is 10.0. The van der Waals surface area contributed by atoms with Crippen molar-refractivity contribution in [3.8, 4) is 0 Å². The van der Waals surface area contributed by atoms with Crippen molar-refractivity contribution < 1.29 is 18.0 Å². The quantitative estimate of drug-likeness (QED) is 0.813. The van der Waals surface area contributed by atoms with Gasteiger partial charge >= 0.3 is 6.18 Å². The maximum atomic E-state index is 13.0. The molecule has 0 aliphatic heterocycles. The molecule has 4 nitrogen and oxygen atoms in total. The Balaban J connectivity index is 1.81. The van der Waals surface area contributed by atoms with E-state index < -0.39 is 17.9 Å². The van der Waals surface area contributed by atoms with Crippen LogP contribution >= 0.6 is 0 Å². The number of carbonyl (C=O) groups is 1. The van der Waals surface area contributed by atoms with Gasteiger partial charge in [-0.05, 0) is 37.8 Å². The third kappa shape index (κ3) is 3.92. The monoisotopic (exact) mass is 365 g/mol. The van der Waals surface area contributed by atoms with Gasteiger partial charge in [0.2, 0.25) is 5.91 Å². The zero-order valence-electron chi connectivity index (χ0n) is 14.8. The SMILES string of the molecule is CCC(NC(=O)C(C)n1nc(C(F)(F)F)cc1C1CC1)c1ccccc1. The van der Waals surface area contributed by atoms with Gasteiger partial charge in [-0.25, -0.2) is 0 Å². The van der Waals surface area contributed by atoms with Gasteiger partial charge in [0, 0.05) is 11.6 Å². The highest BCUT2D eigenvalue weighted by molar-refractivity contribution is 5.80. The van der Waals surface area contributed by atoms with Crippen molar-refractivity contribution in [3.05, 3.63) is 53.3 Å². The summed E-state index contributed by atoms with van der Waals surface area (Å²) in [7, 11) is 0. The van der Waals surface area contributed by atoms with Gasteiger partial charge in [-0.1, -0.05) is 37.3 Å². The van der Waals surface area contributed by atoms with Gasteiger partial charge in [0.1, 0.15) is 6.04 Å². The molecule has 1 aromatic carbocycles. The van der Waals surface area contributed by atoms with Crippen LogP contribution in [0.4, 0.5) is 13.2 Å². The Labute approximate surface area is 150 Å². The number of carbonyl (C=O) groups excluding carboxylic acids is 1. The average Bonchev–Trinajstić information content (AvgIpc) is 3.36. The van der Waals surface area contributed by atoms with Gasteiger partial charge in [-0.15, -0.1) is 0 Å². The first kappa shape index (κ1) is 18.5. The fourth-order valence-corrected chi connectivity index (χ4v) is 3.05. The summed E-state index contributed by atoms with van der Waals surface area (Å²) in [5.74, 6) is -0.274. The lowest BCUT2D eigenvalue weighted by Crippen LogP contribution is -2.35. The zero-order valence-corrected chi connectivity index (χ0v) is 14.8. The molecule has 1 saturated carbocycles. The van der Waals surface area contributed by atoms with Crippen LogP contribution in [0.25, 0.3) is 0 Å². The second-order valence-corrected chi connectivity index (χ2v) is 6.73. The fraction of sp³-hybridized carbons (Fsp3) is 0.474. The Bertz CT molecular complexity index is 766. The van der Waals surface area contributed by atoms with Crippen LogP contribution in [0.5, 0.6) is 0 Å². The second kappa shape index (κ2) is 7.13. The maximum Gasteiger partial charge on any atom is 0.435 e. The molecule has 1 aliphatic rings. The number of amides is 1. The summed E-state index contributed by atoms with van der Waals surface area (Å²) in [5.41, 5.74) is 0.524. The summed E-state index contributed by atoms with van der Waals surface area (Å²) in [5, 5.41) is 6.64. The molecule has 2 unspecified atom stereocenters. The highest BCUT2D eigenvalue weighted by Gasteiger charge is 2.39. The van der Waals surface area contributed by atoms with E-state index in [2.05, 4.69) is 10.4 Å². The van der Waals surface area contributed by atoms with Gasteiger partial charge in [0.15, 0.2) is 5.69 Å². The molecular weight excluding hydrogens is 343 g/mol. The van der Waals surface area contributed by atoms with Gasteiger partial charge in [-0.3, -0.25) is 9.48 Å². The zero-order chi connectivity index (χ0) is 18.9. The van der Waals surface area contributed by atoms with E-state index in [0.717, 1.165) is 24.5 Å². The normalized spacial score (nSPS) is 17.0. The van der Waals surface area contributed by atoms with Gasteiger partial charge in [0.25, 0.3) is 0 Å². The number of nitrogens with one attached hydrogen (secondary N) is 1. The molecule has 0 saturated heterocycles. The van der Waals surface area contributed by atoms with E-state index in [1.54, 1.807) is 6.92 Å². The predicted molar refractivity (Wildman–Crippen MR) is 91.5 cm³/mol. The first-order valence-corrected chi connectivity index (χ1v) is 8.83. The van der Waals surface area contributed by atoms with Crippen LogP contribution in [0.15, 0.2) is 36.4 Å². The minimum Gasteiger partial charge on any atom is -0.347 e. The number of nitrogens with zero attached hydrogens (tertiary/aromatic N) is 2. The number of rotatable bonds is 6. The number of hydrogen-bond acceptors (Lipinski definition) is 2. The molecule has 1 fully saturated rings. The molecule has 0 spiro atoms. The minimum absolute atomic E-state index is 0.0601. The van der Waals surface area contributed by atoms with E-state index in [1.165, 1.54) is 4.68 Å². The molecule has 2 aromatic rings. The lowest BCUT2D eigenvalue weighted by molar-refractivity contribution is -0.142. The topological polar surface area (TPSA) is 46.9 Å². The summed E-state index contributed by atoms with van der Waals surface area (Å²) >= 11 is 0. The van der Waals surface area contributed by atoms with Crippen LogP contribution in [0.3, 0.4) is 0 Å². The second-order valence-electron chi connectivity index (χ2n) is 6.73. The molecule has 140 valence electrons. The van der Waals surface area contributed by atoms with Crippen molar-refractivity contribution in [3.63, 3.8) is 0 Å². The van der Waals surface area contributed by atoms with Crippen molar-refractivity contribution in [2.45, 2.75) is 57.3 Å². The summed E-state index contributed by atoms with van der Waals surface area (Å²) in [6, 6.07) is 9.60. The fourth-order valence-electron chi connectivity index (χ4n) is 3.05. The van der Waals surface area contributed by atoms with E-state index in [-0.39, 0.29) is 17.9 Å². The van der Waals surface area contributed by atoms with E-state index in [4.69, 9.17) is 0 Å². The number of aromatic nitrogens is 2.